The summed E-state index contributed by atoms with van der Waals surface area (Å²) in [4.78, 5) is 12.1. The summed E-state index contributed by atoms with van der Waals surface area (Å²) in [7, 11) is 1.55. The van der Waals surface area contributed by atoms with Crippen molar-refractivity contribution in [3.05, 3.63) is 34.1 Å². The quantitative estimate of drug-likeness (QED) is 0.853. The first-order chi connectivity index (χ1) is 8.07. The van der Waals surface area contributed by atoms with Gasteiger partial charge in [-0.1, -0.05) is 15.9 Å². The molecule has 0 spiro atoms. The third-order valence-corrected chi connectivity index (χ3v) is 3.91. The van der Waals surface area contributed by atoms with Crippen LogP contribution < -0.4 is 0 Å². The van der Waals surface area contributed by atoms with Crippen molar-refractivity contribution in [1.82, 2.24) is 0 Å². The van der Waals surface area contributed by atoms with E-state index in [1.165, 1.54) is 6.07 Å². The minimum Gasteiger partial charge on any atom is -0.370 e. The molecular weight excluding hydrogens is 287 g/mol. The number of hydrogen-bond acceptors (Lipinski definition) is 2. The number of halogens is 2. The number of hydrogen-bond donors (Lipinski definition) is 0. The molecule has 4 heteroatoms. The highest BCUT2D eigenvalue weighted by Crippen LogP contribution is 2.37. The van der Waals surface area contributed by atoms with Crippen LogP contribution in [-0.2, 0) is 16.0 Å². The van der Waals surface area contributed by atoms with Gasteiger partial charge in [0.2, 0.25) is 0 Å². The first-order valence-corrected chi connectivity index (χ1v) is 6.39. The standard InChI is InChI=1S/C13H14BrFO2/c1-17-13(5-2-6-13)12(16)8-9-7-10(14)3-4-11(9)15/h3-4,7H,2,5-6,8H2,1H3. The summed E-state index contributed by atoms with van der Waals surface area (Å²) >= 11 is 3.28. The Morgan fingerprint density at radius 3 is 2.76 bits per heavy atom. The summed E-state index contributed by atoms with van der Waals surface area (Å²) < 4.78 is 19.6. The number of rotatable bonds is 4. The number of carbonyl (C=O) groups excluding carboxylic acids is 1. The average molecular weight is 301 g/mol. The minimum absolute atomic E-state index is 0.0248. The van der Waals surface area contributed by atoms with Crippen LogP contribution in [0.1, 0.15) is 24.8 Å². The van der Waals surface area contributed by atoms with E-state index in [9.17, 15) is 9.18 Å². The van der Waals surface area contributed by atoms with Crippen LogP contribution in [0.4, 0.5) is 4.39 Å². The third kappa shape index (κ3) is 2.43. The minimum atomic E-state index is -0.658. The van der Waals surface area contributed by atoms with Crippen LogP contribution in [0, 0.1) is 5.82 Å². The molecule has 0 radical (unpaired) electrons. The number of Topliss-reactive ketones (excluding diaryl/α,β-unsaturated/α-hetero) is 1. The van der Waals surface area contributed by atoms with Crippen molar-refractivity contribution in [1.29, 1.82) is 0 Å². The van der Waals surface area contributed by atoms with Crippen LogP contribution in [0.2, 0.25) is 0 Å². The summed E-state index contributed by atoms with van der Waals surface area (Å²) in [6.45, 7) is 0. The zero-order valence-corrected chi connectivity index (χ0v) is 11.2. The lowest BCUT2D eigenvalue weighted by molar-refractivity contribution is -0.151. The van der Waals surface area contributed by atoms with Gasteiger partial charge in [-0.05, 0) is 43.0 Å². The van der Waals surface area contributed by atoms with Crippen LogP contribution in [0.25, 0.3) is 0 Å². The van der Waals surface area contributed by atoms with Gasteiger partial charge in [0.15, 0.2) is 5.78 Å². The molecule has 0 atom stereocenters. The number of ketones is 1. The number of carbonyl (C=O) groups is 1. The maximum Gasteiger partial charge on any atom is 0.169 e. The first-order valence-electron chi connectivity index (χ1n) is 5.60. The second-order valence-corrected chi connectivity index (χ2v) is 5.30. The fourth-order valence-corrected chi connectivity index (χ4v) is 2.52. The molecule has 0 amide bonds. The van der Waals surface area contributed by atoms with E-state index in [1.807, 2.05) is 0 Å². The Hall–Kier alpha value is -0.740. The fourth-order valence-electron chi connectivity index (χ4n) is 2.11. The van der Waals surface area contributed by atoms with Crippen LogP contribution in [0.5, 0.6) is 0 Å². The lowest BCUT2D eigenvalue weighted by Gasteiger charge is -2.38. The summed E-state index contributed by atoms with van der Waals surface area (Å²) in [6.07, 6.45) is 2.59. The molecule has 1 aliphatic rings. The summed E-state index contributed by atoms with van der Waals surface area (Å²) in [5.74, 6) is -0.365. The topological polar surface area (TPSA) is 26.3 Å². The third-order valence-electron chi connectivity index (χ3n) is 3.42. The highest BCUT2D eigenvalue weighted by atomic mass is 79.9. The lowest BCUT2D eigenvalue weighted by atomic mass is 9.75. The highest BCUT2D eigenvalue weighted by molar-refractivity contribution is 9.10. The summed E-state index contributed by atoms with van der Waals surface area (Å²) in [5.41, 5.74) is -0.234. The van der Waals surface area contributed by atoms with E-state index in [0.717, 1.165) is 23.7 Å². The van der Waals surface area contributed by atoms with Crippen molar-refractivity contribution in [2.75, 3.05) is 7.11 Å². The van der Waals surface area contributed by atoms with Crippen LogP contribution >= 0.6 is 15.9 Å². The molecular formula is C13H14BrFO2. The zero-order chi connectivity index (χ0) is 12.5. The van der Waals surface area contributed by atoms with E-state index < -0.39 is 5.60 Å². The van der Waals surface area contributed by atoms with Crippen molar-refractivity contribution >= 4 is 21.7 Å². The molecule has 0 heterocycles. The van der Waals surface area contributed by atoms with Crippen LogP contribution in [0.15, 0.2) is 22.7 Å². The normalized spacial score (nSPS) is 17.6. The molecule has 1 aliphatic carbocycles. The van der Waals surface area contributed by atoms with Crippen molar-refractivity contribution in [2.24, 2.45) is 0 Å². The van der Waals surface area contributed by atoms with Gasteiger partial charge >= 0.3 is 0 Å². The largest absolute Gasteiger partial charge is 0.370 e. The number of methoxy groups -OCH3 is 1. The van der Waals surface area contributed by atoms with Gasteiger partial charge in [0.1, 0.15) is 11.4 Å². The van der Waals surface area contributed by atoms with E-state index in [-0.39, 0.29) is 18.0 Å². The molecule has 1 fully saturated rings. The Kier molecular flexibility index (Phi) is 3.64. The average Bonchev–Trinajstić information content (AvgIpc) is 2.23. The van der Waals surface area contributed by atoms with Gasteiger partial charge in [-0.3, -0.25) is 4.79 Å². The lowest BCUT2D eigenvalue weighted by Crippen LogP contribution is -2.47. The first kappa shape index (κ1) is 12.7. The molecule has 0 saturated heterocycles. The number of benzene rings is 1. The number of ether oxygens (including phenoxy) is 1. The van der Waals surface area contributed by atoms with Crippen LogP contribution in [0.3, 0.4) is 0 Å². The smallest absolute Gasteiger partial charge is 0.169 e. The Balaban J connectivity index is 2.15. The predicted molar refractivity (Wildman–Crippen MR) is 66.4 cm³/mol. The maximum absolute atomic E-state index is 13.5. The predicted octanol–water partition coefficient (Wildman–Crippen LogP) is 3.27. The molecule has 1 saturated carbocycles. The van der Waals surface area contributed by atoms with Gasteiger partial charge < -0.3 is 4.74 Å². The van der Waals surface area contributed by atoms with E-state index >= 15 is 0 Å². The van der Waals surface area contributed by atoms with Gasteiger partial charge in [0, 0.05) is 18.0 Å². The molecule has 0 aromatic heterocycles. The molecule has 92 valence electrons. The van der Waals surface area contributed by atoms with Crippen molar-refractivity contribution in [3.8, 4) is 0 Å². The molecule has 0 N–H and O–H groups in total. The molecule has 0 bridgehead atoms. The van der Waals surface area contributed by atoms with Gasteiger partial charge in [0.05, 0.1) is 0 Å². The summed E-state index contributed by atoms with van der Waals surface area (Å²) in [6, 6.07) is 4.64. The van der Waals surface area contributed by atoms with Gasteiger partial charge in [0.25, 0.3) is 0 Å². The second kappa shape index (κ2) is 4.86. The van der Waals surface area contributed by atoms with Crippen molar-refractivity contribution in [2.45, 2.75) is 31.3 Å². The maximum atomic E-state index is 13.5. The van der Waals surface area contributed by atoms with Gasteiger partial charge in [-0.2, -0.15) is 0 Å². The highest BCUT2D eigenvalue weighted by Gasteiger charge is 2.43. The summed E-state index contributed by atoms with van der Waals surface area (Å²) in [5, 5.41) is 0. The van der Waals surface area contributed by atoms with Crippen molar-refractivity contribution < 1.29 is 13.9 Å². The van der Waals surface area contributed by atoms with Gasteiger partial charge in [-0.25, -0.2) is 4.39 Å². The molecule has 0 aliphatic heterocycles. The van der Waals surface area contributed by atoms with E-state index in [1.54, 1.807) is 19.2 Å². The molecule has 2 nitrogen and oxygen atoms in total. The molecule has 2 rings (SSSR count). The van der Waals surface area contributed by atoms with E-state index in [4.69, 9.17) is 4.74 Å². The monoisotopic (exact) mass is 300 g/mol. The zero-order valence-electron chi connectivity index (χ0n) is 9.63. The Morgan fingerprint density at radius 2 is 2.24 bits per heavy atom. The van der Waals surface area contributed by atoms with E-state index in [2.05, 4.69) is 15.9 Å². The van der Waals surface area contributed by atoms with E-state index in [0.29, 0.717) is 5.56 Å². The Morgan fingerprint density at radius 1 is 1.53 bits per heavy atom. The van der Waals surface area contributed by atoms with Crippen LogP contribution in [-0.4, -0.2) is 18.5 Å². The van der Waals surface area contributed by atoms with Crippen molar-refractivity contribution in [3.63, 3.8) is 0 Å². The molecule has 0 unspecified atom stereocenters. The Bertz CT molecular complexity index is 436. The second-order valence-electron chi connectivity index (χ2n) is 4.39. The van der Waals surface area contributed by atoms with Gasteiger partial charge in [-0.15, -0.1) is 0 Å². The fraction of sp³-hybridized carbons (Fsp3) is 0.462. The molecule has 1 aromatic rings. The molecule has 17 heavy (non-hydrogen) atoms. The SMILES string of the molecule is COC1(C(=O)Cc2cc(Br)ccc2F)CCC1. The molecule has 1 aromatic carbocycles. The Labute approximate surface area is 108 Å².